The van der Waals surface area contributed by atoms with Crippen LogP contribution in [-0.4, -0.2) is 12.2 Å². The van der Waals surface area contributed by atoms with Crippen LogP contribution in [0.3, 0.4) is 0 Å². The van der Waals surface area contributed by atoms with Gasteiger partial charge in [0.2, 0.25) is 0 Å². The lowest BCUT2D eigenvalue weighted by Crippen LogP contribution is -2.09. The van der Waals surface area contributed by atoms with Crippen LogP contribution in [0.2, 0.25) is 0 Å². The summed E-state index contributed by atoms with van der Waals surface area (Å²) in [4.78, 5) is 15.0. The molecule has 0 fully saturated rings. The normalized spacial score (nSPS) is 10.2. The van der Waals surface area contributed by atoms with Gasteiger partial charge >= 0.3 is 0 Å². The maximum atomic E-state index is 11.9. The lowest BCUT2D eigenvalue weighted by molar-refractivity contribution is 0.103. The minimum Gasteiger partial charge on any atom is -0.321 e. The third-order valence-electron chi connectivity index (χ3n) is 2.29. The summed E-state index contributed by atoms with van der Waals surface area (Å²) in [7, 11) is 0. The SMILES string of the molecule is CSc1cccc(NC(=O)c2ccc(C)s2)c1. The molecule has 0 aliphatic carbocycles. The molecule has 0 spiro atoms. The number of amides is 1. The zero-order chi connectivity index (χ0) is 12.3. The van der Waals surface area contributed by atoms with Crippen LogP contribution >= 0.6 is 23.1 Å². The van der Waals surface area contributed by atoms with Crippen molar-refractivity contribution in [3.63, 3.8) is 0 Å². The molecule has 2 aromatic rings. The van der Waals surface area contributed by atoms with Crippen LogP contribution < -0.4 is 5.32 Å². The second-order valence-electron chi connectivity index (χ2n) is 3.60. The van der Waals surface area contributed by atoms with E-state index in [4.69, 9.17) is 0 Å². The fourth-order valence-corrected chi connectivity index (χ4v) is 2.67. The zero-order valence-corrected chi connectivity index (χ0v) is 11.3. The Balaban J connectivity index is 2.12. The van der Waals surface area contributed by atoms with Gasteiger partial charge in [-0.25, -0.2) is 0 Å². The lowest BCUT2D eigenvalue weighted by Gasteiger charge is -2.04. The van der Waals surface area contributed by atoms with E-state index in [0.717, 1.165) is 20.3 Å². The van der Waals surface area contributed by atoms with Gasteiger partial charge in [-0.3, -0.25) is 4.79 Å². The highest BCUT2D eigenvalue weighted by atomic mass is 32.2. The van der Waals surface area contributed by atoms with Crippen LogP contribution in [0.25, 0.3) is 0 Å². The highest BCUT2D eigenvalue weighted by Crippen LogP contribution is 2.21. The predicted octanol–water partition coefficient (Wildman–Crippen LogP) is 4.03. The number of thiophene rings is 1. The van der Waals surface area contributed by atoms with E-state index in [9.17, 15) is 4.79 Å². The molecule has 1 amide bonds. The van der Waals surface area contributed by atoms with Gasteiger partial charge in [-0.2, -0.15) is 0 Å². The molecular weight excluding hydrogens is 250 g/mol. The summed E-state index contributed by atoms with van der Waals surface area (Å²) in [5.74, 6) is -0.0404. The smallest absolute Gasteiger partial charge is 0.265 e. The molecule has 0 unspecified atom stereocenters. The number of carbonyl (C=O) groups excluding carboxylic acids is 1. The van der Waals surface area contributed by atoms with E-state index < -0.39 is 0 Å². The van der Waals surface area contributed by atoms with Gasteiger partial charge in [-0.05, 0) is 43.5 Å². The number of rotatable bonds is 3. The molecule has 0 aliphatic rings. The summed E-state index contributed by atoms with van der Waals surface area (Å²) in [6, 6.07) is 11.7. The summed E-state index contributed by atoms with van der Waals surface area (Å²) in [5, 5.41) is 2.90. The Bertz CT molecular complexity index is 534. The average molecular weight is 263 g/mol. The van der Waals surface area contributed by atoms with Gasteiger partial charge in [0, 0.05) is 15.5 Å². The molecule has 0 saturated heterocycles. The Morgan fingerprint density at radius 2 is 2.12 bits per heavy atom. The molecule has 17 heavy (non-hydrogen) atoms. The van der Waals surface area contributed by atoms with Crippen molar-refractivity contribution in [3.8, 4) is 0 Å². The van der Waals surface area contributed by atoms with Crippen molar-refractivity contribution in [2.75, 3.05) is 11.6 Å². The van der Waals surface area contributed by atoms with Gasteiger partial charge in [-0.15, -0.1) is 23.1 Å². The molecule has 88 valence electrons. The number of aryl methyl sites for hydroxylation is 1. The first-order valence-electron chi connectivity index (χ1n) is 5.21. The highest BCUT2D eigenvalue weighted by molar-refractivity contribution is 7.98. The van der Waals surface area contributed by atoms with Crippen LogP contribution in [0.15, 0.2) is 41.3 Å². The van der Waals surface area contributed by atoms with Crippen molar-refractivity contribution in [2.24, 2.45) is 0 Å². The van der Waals surface area contributed by atoms with E-state index in [2.05, 4.69) is 5.32 Å². The molecule has 4 heteroatoms. The summed E-state index contributed by atoms with van der Waals surface area (Å²) in [6.07, 6.45) is 2.02. The van der Waals surface area contributed by atoms with Crippen molar-refractivity contribution < 1.29 is 4.79 Å². The Labute approximate surface area is 109 Å². The van der Waals surface area contributed by atoms with Gasteiger partial charge in [0.25, 0.3) is 5.91 Å². The van der Waals surface area contributed by atoms with E-state index in [0.29, 0.717) is 0 Å². The first-order chi connectivity index (χ1) is 8.19. The number of carbonyl (C=O) groups is 1. The lowest BCUT2D eigenvalue weighted by atomic mass is 10.3. The monoisotopic (exact) mass is 263 g/mol. The van der Waals surface area contributed by atoms with Crippen LogP contribution in [0.5, 0.6) is 0 Å². The van der Waals surface area contributed by atoms with Gasteiger partial charge in [0.15, 0.2) is 0 Å². The van der Waals surface area contributed by atoms with E-state index >= 15 is 0 Å². The molecule has 1 N–H and O–H groups in total. The summed E-state index contributed by atoms with van der Waals surface area (Å²) in [6.45, 7) is 2.00. The summed E-state index contributed by atoms with van der Waals surface area (Å²) < 4.78 is 0. The first-order valence-corrected chi connectivity index (χ1v) is 7.25. The molecule has 2 rings (SSSR count). The largest absolute Gasteiger partial charge is 0.321 e. The number of nitrogens with one attached hydrogen (secondary N) is 1. The Morgan fingerprint density at radius 3 is 2.76 bits per heavy atom. The van der Waals surface area contributed by atoms with Gasteiger partial charge < -0.3 is 5.32 Å². The van der Waals surface area contributed by atoms with Crippen molar-refractivity contribution >= 4 is 34.7 Å². The van der Waals surface area contributed by atoms with Crippen LogP contribution in [0.4, 0.5) is 5.69 Å². The number of hydrogen-bond acceptors (Lipinski definition) is 3. The quantitative estimate of drug-likeness (QED) is 0.847. The van der Waals surface area contributed by atoms with Gasteiger partial charge in [-0.1, -0.05) is 6.07 Å². The molecule has 0 bridgehead atoms. The van der Waals surface area contributed by atoms with E-state index in [1.165, 1.54) is 11.3 Å². The number of anilines is 1. The van der Waals surface area contributed by atoms with Crippen molar-refractivity contribution in [1.29, 1.82) is 0 Å². The predicted molar refractivity (Wildman–Crippen MR) is 75.2 cm³/mol. The van der Waals surface area contributed by atoms with Crippen LogP contribution in [-0.2, 0) is 0 Å². The second-order valence-corrected chi connectivity index (χ2v) is 5.76. The molecule has 0 atom stereocenters. The first kappa shape index (κ1) is 12.2. The average Bonchev–Trinajstić information content (AvgIpc) is 2.76. The minimum atomic E-state index is -0.0404. The van der Waals surface area contributed by atoms with Crippen molar-refractivity contribution in [2.45, 2.75) is 11.8 Å². The zero-order valence-electron chi connectivity index (χ0n) is 9.69. The third kappa shape index (κ3) is 3.11. The number of hydrogen-bond donors (Lipinski definition) is 1. The van der Waals surface area contributed by atoms with Crippen molar-refractivity contribution in [1.82, 2.24) is 0 Å². The summed E-state index contributed by atoms with van der Waals surface area (Å²) in [5.41, 5.74) is 0.841. The molecule has 1 aromatic heterocycles. The van der Waals surface area contributed by atoms with E-state index in [1.807, 2.05) is 49.6 Å². The Morgan fingerprint density at radius 1 is 1.29 bits per heavy atom. The van der Waals surface area contributed by atoms with Crippen molar-refractivity contribution in [3.05, 3.63) is 46.2 Å². The Hall–Kier alpha value is -1.26. The number of thioether (sulfide) groups is 1. The molecule has 0 saturated carbocycles. The Kier molecular flexibility index (Phi) is 3.86. The molecular formula is C13H13NOS2. The summed E-state index contributed by atoms with van der Waals surface area (Å²) >= 11 is 3.17. The fraction of sp³-hybridized carbons (Fsp3) is 0.154. The molecule has 0 aliphatic heterocycles. The standard InChI is InChI=1S/C13H13NOS2/c1-9-6-7-12(17-9)13(15)14-10-4-3-5-11(8-10)16-2/h3-8H,1-2H3,(H,14,15). The number of benzene rings is 1. The van der Waals surface area contributed by atoms with Crippen LogP contribution in [0.1, 0.15) is 14.5 Å². The molecule has 0 radical (unpaired) electrons. The maximum absolute atomic E-state index is 11.9. The van der Waals surface area contributed by atoms with Crippen LogP contribution in [0, 0.1) is 6.92 Å². The maximum Gasteiger partial charge on any atom is 0.265 e. The molecule has 1 aromatic carbocycles. The van der Waals surface area contributed by atoms with Gasteiger partial charge in [0.05, 0.1) is 4.88 Å². The van der Waals surface area contributed by atoms with E-state index in [-0.39, 0.29) is 5.91 Å². The third-order valence-corrected chi connectivity index (χ3v) is 4.02. The van der Waals surface area contributed by atoms with E-state index in [1.54, 1.807) is 11.8 Å². The fourth-order valence-electron chi connectivity index (χ4n) is 1.45. The highest BCUT2D eigenvalue weighted by Gasteiger charge is 2.08. The topological polar surface area (TPSA) is 29.1 Å². The second kappa shape index (κ2) is 5.38. The van der Waals surface area contributed by atoms with Gasteiger partial charge in [0.1, 0.15) is 0 Å². The molecule has 1 heterocycles. The molecule has 2 nitrogen and oxygen atoms in total. The minimum absolute atomic E-state index is 0.0404.